The number of nitrogens with zero attached hydrogens (tertiary/aromatic N) is 2. The van der Waals surface area contributed by atoms with Crippen molar-refractivity contribution in [1.82, 2.24) is 14.9 Å². The third kappa shape index (κ3) is 2.82. The van der Waals surface area contributed by atoms with Gasteiger partial charge in [-0.15, -0.1) is 11.3 Å². The second-order valence-corrected chi connectivity index (χ2v) is 5.50. The lowest BCUT2D eigenvalue weighted by Gasteiger charge is -2.16. The average Bonchev–Trinajstić information content (AvgIpc) is 2.96. The Kier molecular flexibility index (Phi) is 4.55. The summed E-state index contributed by atoms with van der Waals surface area (Å²) < 4.78 is 2.26. The van der Waals surface area contributed by atoms with E-state index < -0.39 is 0 Å². The van der Waals surface area contributed by atoms with Crippen LogP contribution in [0.3, 0.4) is 0 Å². The highest BCUT2D eigenvalue weighted by molar-refractivity contribution is 7.10. The van der Waals surface area contributed by atoms with Gasteiger partial charge in [-0.2, -0.15) is 0 Å². The lowest BCUT2D eigenvalue weighted by molar-refractivity contribution is 0.548. The van der Waals surface area contributed by atoms with E-state index in [9.17, 15) is 0 Å². The third-order valence-electron chi connectivity index (χ3n) is 3.22. The van der Waals surface area contributed by atoms with Crippen LogP contribution in [0.2, 0.25) is 0 Å². The maximum Gasteiger partial charge on any atom is 0.110 e. The molecule has 2 rings (SSSR count). The molecule has 0 fully saturated rings. The van der Waals surface area contributed by atoms with Crippen molar-refractivity contribution in [2.24, 2.45) is 0 Å². The lowest BCUT2D eigenvalue weighted by Crippen LogP contribution is -2.20. The van der Waals surface area contributed by atoms with Gasteiger partial charge < -0.3 is 9.88 Å². The van der Waals surface area contributed by atoms with Gasteiger partial charge in [0.25, 0.3) is 0 Å². The summed E-state index contributed by atoms with van der Waals surface area (Å²) >= 11 is 1.82. The Hall–Kier alpha value is -1.13. The molecular formula is C14H21N3S. The van der Waals surface area contributed by atoms with Gasteiger partial charge in [0.1, 0.15) is 5.82 Å². The van der Waals surface area contributed by atoms with E-state index in [1.54, 1.807) is 0 Å². The molecule has 2 aromatic rings. The number of hydrogen-bond donors (Lipinski definition) is 1. The summed E-state index contributed by atoms with van der Waals surface area (Å²) in [5.74, 6) is 1.17. The number of nitrogens with one attached hydrogen (secondary N) is 1. The first-order valence-corrected chi connectivity index (χ1v) is 7.35. The molecule has 1 atom stereocenters. The fourth-order valence-electron chi connectivity index (χ4n) is 2.22. The predicted octanol–water partition coefficient (Wildman–Crippen LogP) is 3.17. The van der Waals surface area contributed by atoms with Crippen molar-refractivity contribution in [3.63, 3.8) is 0 Å². The molecule has 0 radical (unpaired) electrons. The summed E-state index contributed by atoms with van der Waals surface area (Å²) in [7, 11) is 2.02. The number of likely N-dealkylation sites (N-methyl/N-ethyl adjacent to an activating group) is 1. The number of aromatic nitrogens is 2. The zero-order valence-electron chi connectivity index (χ0n) is 11.3. The molecule has 1 unspecified atom stereocenters. The SMILES string of the molecule is CCCn1ccnc1CC(NC)c1sccc1C. The van der Waals surface area contributed by atoms with Crippen LogP contribution in [0.15, 0.2) is 23.8 Å². The molecule has 1 N–H and O–H groups in total. The molecule has 0 saturated heterocycles. The maximum atomic E-state index is 4.49. The molecule has 4 heteroatoms. The van der Waals surface area contributed by atoms with Crippen LogP contribution in [-0.2, 0) is 13.0 Å². The molecule has 2 heterocycles. The molecule has 0 amide bonds. The first kappa shape index (κ1) is 13.3. The maximum absolute atomic E-state index is 4.49. The molecule has 0 aromatic carbocycles. The third-order valence-corrected chi connectivity index (χ3v) is 4.35. The van der Waals surface area contributed by atoms with Crippen LogP contribution < -0.4 is 5.32 Å². The fourth-order valence-corrected chi connectivity index (χ4v) is 3.26. The Balaban J connectivity index is 2.15. The van der Waals surface area contributed by atoms with E-state index in [0.717, 1.165) is 19.4 Å². The summed E-state index contributed by atoms with van der Waals surface area (Å²) in [5, 5.41) is 5.57. The summed E-state index contributed by atoms with van der Waals surface area (Å²) in [6.07, 6.45) is 6.07. The smallest absolute Gasteiger partial charge is 0.110 e. The van der Waals surface area contributed by atoms with E-state index in [4.69, 9.17) is 0 Å². The molecule has 3 nitrogen and oxygen atoms in total. The van der Waals surface area contributed by atoms with Gasteiger partial charge in [0, 0.05) is 36.3 Å². The molecule has 0 saturated carbocycles. The highest BCUT2D eigenvalue weighted by Crippen LogP contribution is 2.26. The molecule has 0 spiro atoms. The second-order valence-electron chi connectivity index (χ2n) is 4.55. The molecule has 0 aliphatic carbocycles. The van der Waals surface area contributed by atoms with Crippen molar-refractivity contribution in [3.05, 3.63) is 40.1 Å². The van der Waals surface area contributed by atoms with Crippen molar-refractivity contribution in [1.29, 1.82) is 0 Å². The number of aryl methyl sites for hydroxylation is 2. The summed E-state index contributed by atoms with van der Waals surface area (Å²) in [6, 6.07) is 2.55. The van der Waals surface area contributed by atoms with E-state index in [0.29, 0.717) is 6.04 Å². The topological polar surface area (TPSA) is 29.9 Å². The molecule has 98 valence electrons. The van der Waals surface area contributed by atoms with Crippen LogP contribution in [-0.4, -0.2) is 16.6 Å². The number of imidazole rings is 1. The normalized spacial score (nSPS) is 12.8. The van der Waals surface area contributed by atoms with E-state index in [-0.39, 0.29) is 0 Å². The van der Waals surface area contributed by atoms with Crippen LogP contribution in [0.1, 0.15) is 35.7 Å². The van der Waals surface area contributed by atoms with E-state index in [2.05, 4.69) is 46.4 Å². The zero-order valence-corrected chi connectivity index (χ0v) is 12.1. The summed E-state index contributed by atoms with van der Waals surface area (Å²) in [6.45, 7) is 5.42. The van der Waals surface area contributed by atoms with Crippen molar-refractivity contribution in [3.8, 4) is 0 Å². The number of hydrogen-bond acceptors (Lipinski definition) is 3. The van der Waals surface area contributed by atoms with Gasteiger partial charge in [-0.1, -0.05) is 6.92 Å². The highest BCUT2D eigenvalue weighted by Gasteiger charge is 2.16. The average molecular weight is 263 g/mol. The van der Waals surface area contributed by atoms with Crippen molar-refractivity contribution >= 4 is 11.3 Å². The predicted molar refractivity (Wildman–Crippen MR) is 77.1 cm³/mol. The Morgan fingerprint density at radius 1 is 1.50 bits per heavy atom. The van der Waals surface area contributed by atoms with Crippen LogP contribution in [0.4, 0.5) is 0 Å². The first-order valence-electron chi connectivity index (χ1n) is 6.47. The molecule has 2 aromatic heterocycles. The van der Waals surface area contributed by atoms with Crippen LogP contribution >= 0.6 is 11.3 Å². The van der Waals surface area contributed by atoms with Crippen molar-refractivity contribution in [2.75, 3.05) is 7.05 Å². The Labute approximate surface area is 113 Å². The molecule has 0 bridgehead atoms. The fraction of sp³-hybridized carbons (Fsp3) is 0.500. The van der Waals surface area contributed by atoms with Crippen molar-refractivity contribution in [2.45, 2.75) is 39.3 Å². The Morgan fingerprint density at radius 3 is 2.94 bits per heavy atom. The van der Waals surface area contributed by atoms with Crippen LogP contribution in [0.25, 0.3) is 0 Å². The quantitative estimate of drug-likeness (QED) is 0.867. The summed E-state index contributed by atoms with van der Waals surface area (Å²) in [4.78, 5) is 5.91. The minimum Gasteiger partial charge on any atom is -0.335 e. The first-order chi connectivity index (χ1) is 8.76. The van der Waals surface area contributed by atoms with Gasteiger partial charge in [-0.25, -0.2) is 4.98 Å². The van der Waals surface area contributed by atoms with Gasteiger partial charge in [-0.05, 0) is 37.4 Å². The summed E-state index contributed by atoms with van der Waals surface area (Å²) in [5.41, 5.74) is 1.37. The lowest BCUT2D eigenvalue weighted by atomic mass is 10.1. The minimum atomic E-state index is 0.364. The Morgan fingerprint density at radius 2 is 2.33 bits per heavy atom. The monoisotopic (exact) mass is 263 g/mol. The van der Waals surface area contributed by atoms with Gasteiger partial charge in [-0.3, -0.25) is 0 Å². The van der Waals surface area contributed by atoms with Crippen molar-refractivity contribution < 1.29 is 0 Å². The minimum absolute atomic E-state index is 0.364. The number of thiophene rings is 1. The van der Waals surface area contributed by atoms with Crippen LogP contribution in [0, 0.1) is 6.92 Å². The standard InChI is InChI=1S/C14H21N3S/c1-4-7-17-8-6-16-13(17)10-12(15-3)14-11(2)5-9-18-14/h5-6,8-9,12,15H,4,7,10H2,1-3H3. The van der Waals surface area contributed by atoms with Crippen LogP contribution in [0.5, 0.6) is 0 Å². The second kappa shape index (κ2) is 6.16. The molecular weight excluding hydrogens is 242 g/mol. The van der Waals surface area contributed by atoms with E-state index in [1.165, 1.54) is 16.3 Å². The van der Waals surface area contributed by atoms with Gasteiger partial charge in [0.2, 0.25) is 0 Å². The molecule has 0 aliphatic heterocycles. The van der Waals surface area contributed by atoms with E-state index >= 15 is 0 Å². The van der Waals surface area contributed by atoms with Gasteiger partial charge >= 0.3 is 0 Å². The Bertz CT molecular complexity index is 487. The van der Waals surface area contributed by atoms with E-state index in [1.807, 2.05) is 24.6 Å². The highest BCUT2D eigenvalue weighted by atomic mass is 32.1. The van der Waals surface area contributed by atoms with Gasteiger partial charge in [0.15, 0.2) is 0 Å². The molecule has 0 aliphatic rings. The number of rotatable bonds is 6. The van der Waals surface area contributed by atoms with Gasteiger partial charge in [0.05, 0.1) is 0 Å². The largest absolute Gasteiger partial charge is 0.335 e. The zero-order chi connectivity index (χ0) is 13.0. The molecule has 18 heavy (non-hydrogen) atoms.